The van der Waals surface area contributed by atoms with Crippen molar-refractivity contribution in [3.05, 3.63) is 34.3 Å². The van der Waals surface area contributed by atoms with E-state index in [4.69, 9.17) is 11.6 Å². The molecule has 3 heteroatoms. The van der Waals surface area contributed by atoms with E-state index in [2.05, 4.69) is 5.32 Å². The topological polar surface area (TPSA) is 29.1 Å². The Hall–Kier alpha value is -1.02. The third kappa shape index (κ3) is 2.22. The fraction of sp³-hybridized carbons (Fsp3) is 0.300. The SMILES string of the molecule is CCc1ccc(Cl)cc1C(=O)NC. The minimum absolute atomic E-state index is 0.0839. The van der Waals surface area contributed by atoms with Crippen LogP contribution in [0.15, 0.2) is 18.2 Å². The molecule has 0 aliphatic rings. The van der Waals surface area contributed by atoms with E-state index in [0.29, 0.717) is 10.6 Å². The number of nitrogens with one attached hydrogen (secondary N) is 1. The second-order valence-corrected chi connectivity index (χ2v) is 3.17. The summed E-state index contributed by atoms with van der Waals surface area (Å²) in [5, 5.41) is 3.18. The number of carbonyl (C=O) groups is 1. The van der Waals surface area contributed by atoms with Gasteiger partial charge in [-0.3, -0.25) is 4.79 Å². The molecule has 1 aromatic rings. The molecule has 0 fully saturated rings. The van der Waals surface area contributed by atoms with Crippen molar-refractivity contribution in [1.82, 2.24) is 5.32 Å². The quantitative estimate of drug-likeness (QED) is 0.775. The van der Waals surface area contributed by atoms with E-state index in [1.165, 1.54) is 0 Å². The van der Waals surface area contributed by atoms with E-state index in [0.717, 1.165) is 12.0 Å². The van der Waals surface area contributed by atoms with Crippen LogP contribution < -0.4 is 5.32 Å². The first-order chi connectivity index (χ1) is 6.19. The summed E-state index contributed by atoms with van der Waals surface area (Å²) in [7, 11) is 1.61. The summed E-state index contributed by atoms with van der Waals surface area (Å²) in [6, 6.07) is 5.37. The smallest absolute Gasteiger partial charge is 0.251 e. The Morgan fingerprint density at radius 3 is 2.77 bits per heavy atom. The molecule has 0 unspecified atom stereocenters. The Kier molecular flexibility index (Phi) is 3.32. The predicted molar refractivity (Wildman–Crippen MR) is 54.2 cm³/mol. The average Bonchev–Trinajstić information content (AvgIpc) is 2.16. The van der Waals surface area contributed by atoms with Crippen LogP contribution >= 0.6 is 11.6 Å². The second-order valence-electron chi connectivity index (χ2n) is 2.73. The van der Waals surface area contributed by atoms with Gasteiger partial charge in [0.15, 0.2) is 0 Å². The standard InChI is InChI=1S/C10H12ClNO/c1-3-7-4-5-8(11)6-9(7)10(13)12-2/h4-6H,3H2,1-2H3,(H,12,13). The van der Waals surface area contributed by atoms with Crippen molar-refractivity contribution in [2.45, 2.75) is 13.3 Å². The fourth-order valence-electron chi connectivity index (χ4n) is 1.20. The Bertz CT molecular complexity index is 323. The fourth-order valence-corrected chi connectivity index (χ4v) is 1.38. The van der Waals surface area contributed by atoms with Gasteiger partial charge in [-0.15, -0.1) is 0 Å². The van der Waals surface area contributed by atoms with Crippen molar-refractivity contribution in [1.29, 1.82) is 0 Å². The van der Waals surface area contributed by atoms with Crippen molar-refractivity contribution < 1.29 is 4.79 Å². The van der Waals surface area contributed by atoms with E-state index < -0.39 is 0 Å². The predicted octanol–water partition coefficient (Wildman–Crippen LogP) is 2.26. The molecular formula is C10H12ClNO. The van der Waals surface area contributed by atoms with Crippen LogP contribution in [0.4, 0.5) is 0 Å². The molecule has 70 valence electrons. The minimum Gasteiger partial charge on any atom is -0.355 e. The number of halogens is 1. The lowest BCUT2D eigenvalue weighted by molar-refractivity contribution is 0.0962. The van der Waals surface area contributed by atoms with Crippen LogP contribution in [0, 0.1) is 0 Å². The number of carbonyl (C=O) groups excluding carboxylic acids is 1. The first kappa shape index (κ1) is 10.1. The lowest BCUT2D eigenvalue weighted by atomic mass is 10.0. The molecule has 1 aromatic carbocycles. The first-order valence-corrected chi connectivity index (χ1v) is 4.57. The van der Waals surface area contributed by atoms with E-state index in [1.54, 1.807) is 19.2 Å². The van der Waals surface area contributed by atoms with Crippen LogP contribution in [0.3, 0.4) is 0 Å². The van der Waals surface area contributed by atoms with Crippen LogP contribution in [0.5, 0.6) is 0 Å². The van der Waals surface area contributed by atoms with Gasteiger partial charge in [-0.05, 0) is 24.1 Å². The summed E-state index contributed by atoms with van der Waals surface area (Å²) in [4.78, 5) is 11.4. The molecular weight excluding hydrogens is 186 g/mol. The summed E-state index contributed by atoms with van der Waals surface area (Å²) in [6.45, 7) is 2.01. The zero-order valence-electron chi connectivity index (χ0n) is 7.73. The van der Waals surface area contributed by atoms with Gasteiger partial charge in [0.1, 0.15) is 0 Å². The van der Waals surface area contributed by atoms with Gasteiger partial charge in [0.05, 0.1) is 0 Å². The first-order valence-electron chi connectivity index (χ1n) is 4.19. The van der Waals surface area contributed by atoms with Crippen molar-refractivity contribution >= 4 is 17.5 Å². The lowest BCUT2D eigenvalue weighted by Crippen LogP contribution is -2.19. The number of amides is 1. The maximum atomic E-state index is 11.4. The van der Waals surface area contributed by atoms with Crippen LogP contribution in [0.2, 0.25) is 5.02 Å². The van der Waals surface area contributed by atoms with Crippen LogP contribution in [0.25, 0.3) is 0 Å². The van der Waals surface area contributed by atoms with Crippen LogP contribution in [-0.2, 0) is 6.42 Å². The van der Waals surface area contributed by atoms with E-state index in [1.807, 2.05) is 13.0 Å². The highest BCUT2D eigenvalue weighted by Gasteiger charge is 2.08. The molecule has 2 nitrogen and oxygen atoms in total. The monoisotopic (exact) mass is 197 g/mol. The third-order valence-corrected chi connectivity index (χ3v) is 2.16. The molecule has 0 saturated heterocycles. The maximum absolute atomic E-state index is 11.4. The molecule has 0 saturated carbocycles. The number of hydrogen-bond acceptors (Lipinski definition) is 1. The third-order valence-electron chi connectivity index (χ3n) is 1.92. The van der Waals surface area contributed by atoms with Gasteiger partial charge in [0, 0.05) is 17.6 Å². The molecule has 0 atom stereocenters. The zero-order valence-corrected chi connectivity index (χ0v) is 8.48. The molecule has 0 aliphatic heterocycles. The highest BCUT2D eigenvalue weighted by Crippen LogP contribution is 2.16. The van der Waals surface area contributed by atoms with Crippen molar-refractivity contribution in [2.24, 2.45) is 0 Å². The Balaban J connectivity index is 3.15. The Labute approximate surface area is 82.9 Å². The second kappa shape index (κ2) is 4.28. The zero-order chi connectivity index (χ0) is 9.84. The van der Waals surface area contributed by atoms with E-state index in [-0.39, 0.29) is 5.91 Å². The molecule has 1 amide bonds. The molecule has 0 aliphatic carbocycles. The Morgan fingerprint density at radius 1 is 1.54 bits per heavy atom. The van der Waals surface area contributed by atoms with Crippen molar-refractivity contribution in [3.8, 4) is 0 Å². The van der Waals surface area contributed by atoms with Gasteiger partial charge in [-0.25, -0.2) is 0 Å². The molecule has 0 heterocycles. The molecule has 0 aromatic heterocycles. The van der Waals surface area contributed by atoms with Gasteiger partial charge in [0.2, 0.25) is 0 Å². The maximum Gasteiger partial charge on any atom is 0.251 e. The largest absolute Gasteiger partial charge is 0.355 e. The van der Waals surface area contributed by atoms with Gasteiger partial charge < -0.3 is 5.32 Å². The number of aryl methyl sites for hydroxylation is 1. The summed E-state index contributed by atoms with van der Waals surface area (Å²) in [6.07, 6.45) is 0.833. The van der Waals surface area contributed by atoms with Gasteiger partial charge in [-0.1, -0.05) is 24.6 Å². The summed E-state index contributed by atoms with van der Waals surface area (Å²) >= 11 is 5.79. The molecule has 0 radical (unpaired) electrons. The minimum atomic E-state index is -0.0839. The Morgan fingerprint density at radius 2 is 2.23 bits per heavy atom. The van der Waals surface area contributed by atoms with Gasteiger partial charge in [-0.2, -0.15) is 0 Å². The van der Waals surface area contributed by atoms with Crippen LogP contribution in [0.1, 0.15) is 22.8 Å². The van der Waals surface area contributed by atoms with E-state index >= 15 is 0 Å². The van der Waals surface area contributed by atoms with Gasteiger partial charge in [0.25, 0.3) is 5.91 Å². The molecule has 0 bridgehead atoms. The lowest BCUT2D eigenvalue weighted by Gasteiger charge is -2.06. The average molecular weight is 198 g/mol. The summed E-state index contributed by atoms with van der Waals surface area (Å²) < 4.78 is 0. The molecule has 0 spiro atoms. The van der Waals surface area contributed by atoms with Gasteiger partial charge >= 0.3 is 0 Å². The highest BCUT2D eigenvalue weighted by molar-refractivity contribution is 6.31. The normalized spacial score (nSPS) is 9.77. The molecule has 13 heavy (non-hydrogen) atoms. The number of rotatable bonds is 2. The molecule has 1 rings (SSSR count). The van der Waals surface area contributed by atoms with Crippen molar-refractivity contribution in [3.63, 3.8) is 0 Å². The number of hydrogen-bond donors (Lipinski definition) is 1. The highest BCUT2D eigenvalue weighted by atomic mass is 35.5. The summed E-state index contributed by atoms with van der Waals surface area (Å²) in [5.41, 5.74) is 1.68. The van der Waals surface area contributed by atoms with E-state index in [9.17, 15) is 4.79 Å². The number of benzene rings is 1. The van der Waals surface area contributed by atoms with Crippen LogP contribution in [-0.4, -0.2) is 13.0 Å². The van der Waals surface area contributed by atoms with Crippen molar-refractivity contribution in [2.75, 3.05) is 7.05 Å². The summed E-state index contributed by atoms with van der Waals surface area (Å²) in [5.74, 6) is -0.0839. The molecule has 1 N–H and O–H groups in total.